The number of aliphatic hydroxyl groups is 1. The van der Waals surface area contributed by atoms with Gasteiger partial charge in [0.1, 0.15) is 72.2 Å². The van der Waals surface area contributed by atoms with Crippen LogP contribution < -0.4 is 53.6 Å². The summed E-state index contributed by atoms with van der Waals surface area (Å²) in [5, 5.41) is 48.1. The number of para-hydroxylation sites is 1. The Morgan fingerprint density at radius 1 is 0.477 bits per heavy atom. The third kappa shape index (κ3) is 30.1. The number of aromatic amines is 1. The van der Waals surface area contributed by atoms with Gasteiger partial charge in [-0.25, -0.2) is 0 Å². The van der Waals surface area contributed by atoms with E-state index < -0.39 is 198 Å². The Labute approximate surface area is 774 Å². The highest BCUT2D eigenvalue weighted by molar-refractivity contribution is 8.00. The number of carbonyl (C=O) groups is 15. The maximum absolute atomic E-state index is 15.6. The zero-order chi connectivity index (χ0) is 96.0. The summed E-state index contributed by atoms with van der Waals surface area (Å²) in [7, 11) is 9.81. The molecular weight excluding hydrogens is 1720 g/mol. The summed E-state index contributed by atoms with van der Waals surface area (Å²) in [6.45, 7) is 6.52. The number of aromatic nitrogens is 1. The van der Waals surface area contributed by atoms with Gasteiger partial charge in [0.25, 0.3) is 0 Å². The van der Waals surface area contributed by atoms with E-state index in [1.807, 2.05) is 49.4 Å². The Bertz CT molecular complexity index is 5400. The van der Waals surface area contributed by atoms with Crippen molar-refractivity contribution >= 4 is 136 Å². The van der Waals surface area contributed by atoms with E-state index in [0.29, 0.717) is 57.1 Å². The number of unbranched alkanes of at least 4 members (excludes halogenated alkanes) is 1. The number of fused-ring (bicyclic) bond motifs is 2. The number of hydrogen-bond acceptors (Lipinski definition) is 17. The SMILES string of the molecule is CCCC[C@H]1C(=O)N(C)CC(=O)N[C@@H](CC(O)=P)C(=O)N[C@@H](C(C)C)C(=O)N(C)[C@@H](Cc2ccccc2)C(=O)N[C@@H](Cc2ccc(O)cc2)C(=O)N(C)CC(=O)N[C@@H](Cc2c[nH]c3ccccc23)C(=O)N[C@@H](Cc2ccc3ccccc3c2)C(=O)N[C@@H](CC(C)C)C(=O)N[C@H](C(=O)NCC(N)=O)CSCC(=O)N[C@@H](Cc2ccccc2)C(=O)N(C)[C@@H](Cc2ccccc2)C(=O)N1C. The predicted octanol–water partition coefficient (Wildman–Crippen LogP) is 4.33. The van der Waals surface area contributed by atoms with Crippen molar-refractivity contribution in [2.45, 2.75) is 172 Å². The molecule has 132 heavy (non-hydrogen) atoms. The lowest BCUT2D eigenvalue weighted by Crippen LogP contribution is -2.61. The monoisotopic (exact) mass is 1840 g/mol. The molecule has 0 bridgehead atoms. The number of benzene rings is 7. The Kier molecular flexibility index (Phi) is 38.5. The number of nitrogens with zero attached hydrogens (tertiary/aromatic N) is 5. The van der Waals surface area contributed by atoms with Crippen LogP contribution in [-0.4, -0.2) is 267 Å². The van der Waals surface area contributed by atoms with Crippen molar-refractivity contribution in [3.63, 3.8) is 0 Å². The first-order chi connectivity index (χ1) is 62.9. The summed E-state index contributed by atoms with van der Waals surface area (Å²) >= 11 is 0.857. The first-order valence-corrected chi connectivity index (χ1v) is 45.6. The molecule has 1 fully saturated rings. The van der Waals surface area contributed by atoms with Crippen molar-refractivity contribution in [2.24, 2.45) is 17.6 Å². The Morgan fingerprint density at radius 3 is 1.55 bits per heavy atom. The van der Waals surface area contributed by atoms with Gasteiger partial charge in [-0.2, -0.15) is 0 Å². The number of thioether (sulfide) groups is 1. The van der Waals surface area contributed by atoms with Crippen molar-refractivity contribution in [3.05, 3.63) is 222 Å². The van der Waals surface area contributed by atoms with Gasteiger partial charge in [0.15, 0.2) is 0 Å². The van der Waals surface area contributed by atoms with Crippen LogP contribution in [0.5, 0.6) is 5.75 Å². The van der Waals surface area contributed by atoms with E-state index in [-0.39, 0.29) is 68.8 Å². The standard InChI is InChI=1S/C97H121N16O17PS/c1-11-12-36-78-95(128)110(7)55-83(117)102-74(51-85(119)131)91(124)108-86(59(4)5)97(130)112(9)79(48-61-28-18-14-19-29-61)92(125)106-75(46-63-38-41-68(114)42-39-63)93(126)109(6)54-82(116)101-73(50-67-52-99-70-35-25-24-34-69(67)70)90(123)105-72(47-64-37-40-65-32-22-23-33-66(65)44-64)89(122)104-71(43-58(2)3)88(121)107-77(87(120)100-53-81(98)115)56-132-57-84(118)103-76(45-60-26-16-13-17-27-60)94(127)113(10)80(96(129)111(78)8)49-62-30-20-15-21-31-62/h13-35,37-42,44,52,58-59,71-80,86,99,114,119,131H,11-12,36,43,45-51,53-57H2,1-10H3,(H2,98,115)(H,100,120)(H,101,116)(H,102,117)(H,103,118)(H,104,122)(H,105,123)(H,106,125)(H,107,121)(H,108,124)/t71-,72-,73-,74-,75-,76-,77-,78-,79-,80-,86-/m0/s1. The van der Waals surface area contributed by atoms with Gasteiger partial charge in [-0.15, -0.1) is 11.8 Å². The topological polar surface area (TPSA) is 463 Å². The molecule has 0 aliphatic carbocycles. The maximum Gasteiger partial charge on any atom is 0.246 e. The number of phenolic OH excluding ortho intramolecular Hbond substituents is 1. The summed E-state index contributed by atoms with van der Waals surface area (Å²) in [6.07, 6.45) is 0.987. The van der Waals surface area contributed by atoms with Gasteiger partial charge in [-0.1, -0.05) is 220 Å². The number of primary amides is 1. The van der Waals surface area contributed by atoms with Crippen LogP contribution in [0.25, 0.3) is 21.7 Å². The lowest BCUT2D eigenvalue weighted by Gasteiger charge is -2.37. The van der Waals surface area contributed by atoms with Crippen LogP contribution in [0.3, 0.4) is 0 Å². The first-order valence-electron chi connectivity index (χ1n) is 44.0. The van der Waals surface area contributed by atoms with Gasteiger partial charge < -0.3 is 93.3 Å². The molecule has 0 spiro atoms. The molecule has 0 unspecified atom stereocenters. The van der Waals surface area contributed by atoms with E-state index in [1.165, 1.54) is 69.3 Å². The molecule has 33 nitrogen and oxygen atoms in total. The maximum atomic E-state index is 15.6. The van der Waals surface area contributed by atoms with E-state index >= 15 is 43.2 Å². The fraction of sp³-hybridized carbons (Fsp3) is 0.402. The van der Waals surface area contributed by atoms with Gasteiger partial charge in [-0.3, -0.25) is 71.9 Å². The lowest BCUT2D eigenvalue weighted by atomic mass is 9.98. The van der Waals surface area contributed by atoms with Crippen molar-refractivity contribution in [1.82, 2.24) is 77.3 Å². The molecule has 2 heterocycles. The van der Waals surface area contributed by atoms with Crippen LogP contribution in [0.1, 0.15) is 100 Å². The quantitative estimate of drug-likeness (QED) is 0.0396. The number of phenols is 1. The summed E-state index contributed by atoms with van der Waals surface area (Å²) in [5.41, 5.74) is 8.98. The number of nitrogens with one attached hydrogen (secondary N) is 10. The second-order valence-electron chi connectivity index (χ2n) is 34.1. The van der Waals surface area contributed by atoms with Crippen LogP contribution in [0.15, 0.2) is 188 Å². The van der Waals surface area contributed by atoms with E-state index in [2.05, 4.69) is 61.7 Å². The second-order valence-corrected chi connectivity index (χ2v) is 35.7. The third-order valence-corrected chi connectivity index (χ3v) is 24.2. The normalized spacial score (nSPS) is 21.7. The summed E-state index contributed by atoms with van der Waals surface area (Å²) in [5.74, 6) is -14.7. The highest BCUT2D eigenvalue weighted by atomic mass is 32.2. The fourth-order valence-electron chi connectivity index (χ4n) is 15.7. The lowest BCUT2D eigenvalue weighted by molar-refractivity contribution is -0.151. The molecule has 0 saturated carbocycles. The summed E-state index contributed by atoms with van der Waals surface area (Å²) < 4.78 is 0. The molecule has 7 aromatic carbocycles. The summed E-state index contributed by atoms with van der Waals surface area (Å²) in [4.78, 5) is 233. The van der Waals surface area contributed by atoms with Crippen molar-refractivity contribution in [1.29, 1.82) is 0 Å². The molecule has 1 aliphatic rings. The minimum Gasteiger partial charge on any atom is -0.508 e. The van der Waals surface area contributed by atoms with Crippen molar-refractivity contribution in [3.8, 4) is 5.75 Å². The van der Waals surface area contributed by atoms with Gasteiger partial charge >= 0.3 is 0 Å². The molecule has 11 atom stereocenters. The van der Waals surface area contributed by atoms with E-state index in [1.54, 1.807) is 149 Å². The number of hydrogen-bond donors (Lipinski definition) is 13. The number of aromatic hydroxyl groups is 1. The largest absolute Gasteiger partial charge is 0.508 e. The summed E-state index contributed by atoms with van der Waals surface area (Å²) in [6, 6.07) is 35.7. The van der Waals surface area contributed by atoms with Gasteiger partial charge in [-0.05, 0) is 87.0 Å². The third-order valence-electron chi connectivity index (χ3n) is 23.0. The minimum atomic E-state index is -1.64. The van der Waals surface area contributed by atoms with Crippen LogP contribution in [-0.2, 0) is 110 Å². The molecular formula is C97H121N16O17PS. The first kappa shape index (κ1) is 102. The van der Waals surface area contributed by atoms with E-state index in [4.69, 9.17) is 5.73 Å². The van der Waals surface area contributed by atoms with Crippen LogP contribution in [0, 0.1) is 11.8 Å². The number of likely N-dealkylation sites (N-methyl/N-ethyl adjacent to an activating group) is 5. The zero-order valence-electron chi connectivity index (χ0n) is 76.0. The van der Waals surface area contributed by atoms with Gasteiger partial charge in [0, 0.05) is 103 Å². The molecule has 35 heteroatoms. The molecule has 1 saturated heterocycles. The van der Waals surface area contributed by atoms with Crippen LogP contribution >= 0.6 is 20.6 Å². The number of carbonyl (C=O) groups excluding carboxylic acids is 15. The highest BCUT2D eigenvalue weighted by Gasteiger charge is 2.42. The van der Waals surface area contributed by atoms with Crippen molar-refractivity contribution in [2.75, 3.05) is 66.4 Å². The number of rotatable bonds is 23. The molecule has 9 rings (SSSR count). The smallest absolute Gasteiger partial charge is 0.246 e. The number of nitrogens with two attached hydrogens (primary N) is 1. The Morgan fingerprint density at radius 2 is 0.955 bits per heavy atom. The number of H-pyrrole nitrogens is 1. The van der Waals surface area contributed by atoms with E-state index in [9.17, 15) is 39.0 Å². The Balaban J connectivity index is 1.12. The van der Waals surface area contributed by atoms with Gasteiger partial charge in [0.05, 0.1) is 30.9 Å². The van der Waals surface area contributed by atoms with Gasteiger partial charge in [0.2, 0.25) is 88.6 Å². The average Bonchev–Trinajstić information content (AvgIpc) is 1.43. The van der Waals surface area contributed by atoms with Crippen LogP contribution in [0.4, 0.5) is 0 Å². The molecule has 8 aromatic rings. The molecule has 15 amide bonds. The van der Waals surface area contributed by atoms with Crippen LogP contribution in [0.2, 0.25) is 0 Å². The Hall–Kier alpha value is -13.3. The second kappa shape index (κ2) is 49.6. The molecule has 0 radical (unpaired) electrons. The predicted molar refractivity (Wildman–Crippen MR) is 506 cm³/mol. The fourth-order valence-corrected chi connectivity index (χ4v) is 16.8. The highest BCUT2D eigenvalue weighted by Crippen LogP contribution is 2.25. The number of aliphatic hydroxyl groups excluding tert-OH is 1. The molecule has 702 valence electrons. The average molecular weight is 1850 g/mol. The molecule has 1 aliphatic heterocycles. The molecule has 14 N–H and O–H groups in total. The van der Waals surface area contributed by atoms with E-state index in [0.717, 1.165) is 37.2 Å². The zero-order valence-corrected chi connectivity index (χ0v) is 77.8. The van der Waals surface area contributed by atoms with Crippen molar-refractivity contribution < 1.29 is 82.1 Å². The molecule has 1 aromatic heterocycles. The number of amides is 15. The minimum absolute atomic E-state index is 0.0608.